The molecule has 1 saturated carbocycles. The second-order valence-electron chi connectivity index (χ2n) is 6.06. The highest BCUT2D eigenvalue weighted by Crippen LogP contribution is 2.24. The van der Waals surface area contributed by atoms with E-state index in [-0.39, 0.29) is 5.69 Å². The Bertz CT molecular complexity index is 730. The summed E-state index contributed by atoms with van der Waals surface area (Å²) in [6.45, 7) is 0. The lowest BCUT2D eigenvalue weighted by Crippen LogP contribution is -2.22. The molecule has 1 aliphatic rings. The molecule has 0 atom stereocenters. The molecule has 1 heterocycles. The molecule has 1 aromatic heterocycles. The van der Waals surface area contributed by atoms with Gasteiger partial charge in [-0.3, -0.25) is 0 Å². The van der Waals surface area contributed by atoms with Crippen LogP contribution in [-0.4, -0.2) is 29.1 Å². The van der Waals surface area contributed by atoms with Gasteiger partial charge in [0.15, 0.2) is 11.5 Å². The van der Waals surface area contributed by atoms with Crippen molar-refractivity contribution in [1.29, 1.82) is 0 Å². The third-order valence-corrected chi connectivity index (χ3v) is 4.63. The Morgan fingerprint density at radius 1 is 1.16 bits per heavy atom. The highest BCUT2D eigenvalue weighted by Gasteiger charge is 2.16. The van der Waals surface area contributed by atoms with Crippen molar-refractivity contribution in [2.45, 2.75) is 38.1 Å². The predicted octanol–water partition coefficient (Wildman–Crippen LogP) is 4.51. The van der Waals surface area contributed by atoms with E-state index in [1.165, 1.54) is 45.4 Å². The molecule has 2 aromatic rings. The van der Waals surface area contributed by atoms with E-state index in [4.69, 9.17) is 4.74 Å². The van der Waals surface area contributed by atoms with Crippen molar-refractivity contribution in [3.05, 3.63) is 40.8 Å². The van der Waals surface area contributed by atoms with Crippen molar-refractivity contribution in [3.8, 4) is 0 Å². The van der Waals surface area contributed by atoms with Gasteiger partial charge in [-0.2, -0.15) is 0 Å². The minimum Gasteiger partial charge on any atom is -0.464 e. The summed E-state index contributed by atoms with van der Waals surface area (Å²) in [4.78, 5) is 20.2. The molecule has 1 aliphatic carbocycles. The summed E-state index contributed by atoms with van der Waals surface area (Å²) in [6.07, 6.45) is 7.95. The summed E-state index contributed by atoms with van der Waals surface area (Å²) in [6, 6.07) is 8.53. The summed E-state index contributed by atoms with van der Waals surface area (Å²) < 4.78 is 5.24. The number of carbonyl (C=O) groups is 1. The van der Waals surface area contributed by atoms with E-state index in [9.17, 15) is 4.79 Å². The van der Waals surface area contributed by atoms with Crippen LogP contribution < -0.4 is 10.6 Å². The number of carbonyl (C=O) groups excluding carboxylic acids is 1. The highest BCUT2D eigenvalue weighted by molar-refractivity contribution is 9.10. The summed E-state index contributed by atoms with van der Waals surface area (Å²) in [5.74, 6) is -0.171. The number of hydrogen-bond acceptors (Lipinski definition) is 6. The Morgan fingerprint density at radius 2 is 1.84 bits per heavy atom. The smallest absolute Gasteiger partial charge is 0.360 e. The van der Waals surface area contributed by atoms with Crippen LogP contribution in [0.5, 0.6) is 0 Å². The Kier molecular flexibility index (Phi) is 5.86. The van der Waals surface area contributed by atoms with Gasteiger partial charge in [0.05, 0.1) is 13.3 Å². The lowest BCUT2D eigenvalue weighted by atomic mass is 9.95. The molecule has 2 N–H and O–H groups in total. The number of benzene rings is 1. The number of aromatic nitrogens is 2. The molecule has 0 unspecified atom stereocenters. The second kappa shape index (κ2) is 8.29. The number of nitrogens with one attached hydrogen (secondary N) is 2. The van der Waals surface area contributed by atoms with Crippen molar-refractivity contribution < 1.29 is 9.53 Å². The molecule has 0 bridgehead atoms. The highest BCUT2D eigenvalue weighted by atomic mass is 79.9. The van der Waals surface area contributed by atoms with Crippen molar-refractivity contribution in [2.75, 3.05) is 17.7 Å². The van der Waals surface area contributed by atoms with E-state index in [0.717, 1.165) is 11.4 Å². The number of rotatable bonds is 5. The number of methoxy groups -OCH3 is 1. The predicted molar refractivity (Wildman–Crippen MR) is 101 cm³/mol. The molecule has 3 rings (SSSR count). The zero-order chi connectivity index (χ0) is 17.6. The van der Waals surface area contributed by atoms with Crippen LogP contribution in [0.4, 0.5) is 17.2 Å². The third-order valence-electron chi connectivity index (χ3n) is 4.25. The number of hydrogen-bond donors (Lipinski definition) is 2. The number of ether oxygens (including phenoxy) is 1. The summed E-state index contributed by atoms with van der Waals surface area (Å²) in [5.41, 5.74) is 2.07. The van der Waals surface area contributed by atoms with Gasteiger partial charge in [0, 0.05) is 17.4 Å². The zero-order valence-electron chi connectivity index (χ0n) is 14.1. The van der Waals surface area contributed by atoms with E-state index in [2.05, 4.69) is 36.5 Å². The van der Waals surface area contributed by atoms with Crippen LogP contribution in [0.1, 0.15) is 42.6 Å². The number of halogens is 1. The molecule has 25 heavy (non-hydrogen) atoms. The Balaban J connectivity index is 1.70. The number of esters is 1. The lowest BCUT2D eigenvalue weighted by molar-refractivity contribution is 0.0594. The van der Waals surface area contributed by atoms with Gasteiger partial charge in [0.1, 0.15) is 4.60 Å². The minimum absolute atomic E-state index is 0.140. The maximum Gasteiger partial charge on any atom is 0.360 e. The van der Waals surface area contributed by atoms with Gasteiger partial charge >= 0.3 is 5.97 Å². The van der Waals surface area contributed by atoms with Crippen molar-refractivity contribution in [2.24, 2.45) is 0 Å². The lowest BCUT2D eigenvalue weighted by Gasteiger charge is -2.24. The summed E-state index contributed by atoms with van der Waals surface area (Å²) in [5, 5.41) is 6.70. The van der Waals surface area contributed by atoms with Gasteiger partial charge in [0.25, 0.3) is 0 Å². The van der Waals surface area contributed by atoms with Gasteiger partial charge in [-0.15, -0.1) is 0 Å². The molecule has 6 nitrogen and oxygen atoms in total. The van der Waals surface area contributed by atoms with Crippen molar-refractivity contribution in [1.82, 2.24) is 9.97 Å². The van der Waals surface area contributed by atoms with Crippen LogP contribution in [0.3, 0.4) is 0 Å². The molecular formula is C18H21BrN4O2. The summed E-state index contributed by atoms with van der Waals surface area (Å²) >= 11 is 3.22. The minimum atomic E-state index is -0.535. The van der Waals surface area contributed by atoms with Gasteiger partial charge < -0.3 is 15.4 Å². The fraction of sp³-hybridized carbons (Fsp3) is 0.389. The fourth-order valence-electron chi connectivity index (χ4n) is 2.97. The Hall–Kier alpha value is -2.15. The monoisotopic (exact) mass is 404 g/mol. The molecule has 1 aromatic carbocycles. The van der Waals surface area contributed by atoms with Gasteiger partial charge in [-0.1, -0.05) is 19.3 Å². The Labute approximate surface area is 155 Å². The fourth-order valence-corrected chi connectivity index (χ4v) is 3.25. The van der Waals surface area contributed by atoms with Crippen LogP contribution in [-0.2, 0) is 4.74 Å². The molecule has 1 fully saturated rings. The standard InChI is InChI=1S/C18H21BrN4O2/c1-25-18(24)16-17(20-11-15(19)23-16)22-14-9-7-13(8-10-14)21-12-5-3-2-4-6-12/h7-12,21H,2-6H2,1H3,(H,20,22). The summed E-state index contributed by atoms with van der Waals surface area (Å²) in [7, 11) is 1.32. The van der Waals surface area contributed by atoms with Crippen molar-refractivity contribution in [3.63, 3.8) is 0 Å². The largest absolute Gasteiger partial charge is 0.464 e. The molecule has 0 amide bonds. The third kappa shape index (κ3) is 4.69. The first kappa shape index (κ1) is 17.7. The maximum absolute atomic E-state index is 11.9. The van der Waals surface area contributed by atoms with E-state index >= 15 is 0 Å². The zero-order valence-corrected chi connectivity index (χ0v) is 15.7. The maximum atomic E-state index is 11.9. The van der Waals surface area contributed by atoms with Gasteiger partial charge in [-0.05, 0) is 53.0 Å². The molecule has 132 valence electrons. The first-order valence-corrected chi connectivity index (χ1v) is 9.19. The first-order chi connectivity index (χ1) is 12.2. The molecule has 0 spiro atoms. The Morgan fingerprint density at radius 3 is 2.52 bits per heavy atom. The number of nitrogens with zero attached hydrogens (tertiary/aromatic N) is 2. The molecule has 7 heteroatoms. The molecule has 0 saturated heterocycles. The van der Waals surface area contributed by atoms with Gasteiger partial charge in [-0.25, -0.2) is 14.8 Å². The van der Waals surface area contributed by atoms with E-state index in [1.54, 1.807) is 0 Å². The van der Waals surface area contributed by atoms with Crippen LogP contribution in [0.2, 0.25) is 0 Å². The average Bonchev–Trinajstić information content (AvgIpc) is 2.65. The normalized spacial score (nSPS) is 14.8. The first-order valence-electron chi connectivity index (χ1n) is 8.40. The second-order valence-corrected chi connectivity index (χ2v) is 6.88. The van der Waals surface area contributed by atoms with E-state index in [1.807, 2.05) is 24.3 Å². The van der Waals surface area contributed by atoms with Gasteiger partial charge in [0.2, 0.25) is 0 Å². The number of anilines is 3. The van der Waals surface area contributed by atoms with Crippen LogP contribution in [0, 0.1) is 0 Å². The van der Waals surface area contributed by atoms with E-state index in [0.29, 0.717) is 16.5 Å². The topological polar surface area (TPSA) is 76.1 Å². The van der Waals surface area contributed by atoms with Crippen LogP contribution in [0.25, 0.3) is 0 Å². The molecule has 0 radical (unpaired) electrons. The molecular weight excluding hydrogens is 384 g/mol. The van der Waals surface area contributed by atoms with Crippen LogP contribution >= 0.6 is 15.9 Å². The molecule has 0 aliphatic heterocycles. The average molecular weight is 405 g/mol. The van der Waals surface area contributed by atoms with Crippen molar-refractivity contribution >= 4 is 39.1 Å². The quantitative estimate of drug-likeness (QED) is 0.713. The van der Waals surface area contributed by atoms with Crippen LogP contribution in [0.15, 0.2) is 35.1 Å². The SMILES string of the molecule is COC(=O)c1nc(Br)cnc1Nc1ccc(NC2CCCCC2)cc1. The van der Waals surface area contributed by atoms with E-state index < -0.39 is 5.97 Å².